The standard InChI is InChI=1S/C16H16N4/c1-11-7-6-10-13(14(11)17)16-18-15(19-20(16)2)12-8-4-3-5-9-12/h3-10H,17H2,1-2H3. The van der Waals surface area contributed by atoms with Crippen molar-refractivity contribution < 1.29 is 0 Å². The van der Waals surface area contributed by atoms with Gasteiger partial charge < -0.3 is 5.73 Å². The molecule has 2 N–H and O–H groups in total. The maximum Gasteiger partial charge on any atom is 0.181 e. The first kappa shape index (κ1) is 12.4. The number of aryl methyl sites for hydroxylation is 2. The summed E-state index contributed by atoms with van der Waals surface area (Å²) in [5, 5.41) is 4.48. The maximum atomic E-state index is 6.15. The molecule has 0 atom stereocenters. The fraction of sp³-hybridized carbons (Fsp3) is 0.125. The molecule has 20 heavy (non-hydrogen) atoms. The second-order valence-corrected chi connectivity index (χ2v) is 4.78. The second kappa shape index (κ2) is 4.81. The van der Waals surface area contributed by atoms with Crippen molar-refractivity contribution in [2.45, 2.75) is 6.92 Å². The zero-order chi connectivity index (χ0) is 14.1. The van der Waals surface area contributed by atoms with Crippen molar-refractivity contribution in [2.75, 3.05) is 5.73 Å². The van der Waals surface area contributed by atoms with Gasteiger partial charge >= 0.3 is 0 Å². The summed E-state index contributed by atoms with van der Waals surface area (Å²) in [5.74, 6) is 1.49. The molecule has 0 amide bonds. The lowest BCUT2D eigenvalue weighted by Gasteiger charge is -2.06. The second-order valence-electron chi connectivity index (χ2n) is 4.78. The topological polar surface area (TPSA) is 56.7 Å². The van der Waals surface area contributed by atoms with E-state index in [2.05, 4.69) is 10.1 Å². The number of hydrogen-bond acceptors (Lipinski definition) is 3. The smallest absolute Gasteiger partial charge is 0.181 e. The zero-order valence-electron chi connectivity index (χ0n) is 11.5. The third-order valence-corrected chi connectivity index (χ3v) is 3.36. The van der Waals surface area contributed by atoms with E-state index in [0.29, 0.717) is 5.82 Å². The number of aromatic nitrogens is 3. The van der Waals surface area contributed by atoms with Gasteiger partial charge in [0.25, 0.3) is 0 Å². The van der Waals surface area contributed by atoms with Crippen LogP contribution in [0.3, 0.4) is 0 Å². The highest BCUT2D eigenvalue weighted by Crippen LogP contribution is 2.28. The van der Waals surface area contributed by atoms with E-state index in [1.165, 1.54) is 0 Å². The van der Waals surface area contributed by atoms with E-state index < -0.39 is 0 Å². The number of nitrogen functional groups attached to an aromatic ring is 1. The normalized spacial score (nSPS) is 10.7. The van der Waals surface area contributed by atoms with Crippen molar-refractivity contribution in [1.82, 2.24) is 14.8 Å². The Balaban J connectivity index is 2.12. The molecular weight excluding hydrogens is 248 g/mol. The van der Waals surface area contributed by atoms with Crippen molar-refractivity contribution in [2.24, 2.45) is 7.05 Å². The Kier molecular flexibility index (Phi) is 2.99. The van der Waals surface area contributed by atoms with E-state index in [-0.39, 0.29) is 0 Å². The molecule has 0 unspecified atom stereocenters. The van der Waals surface area contributed by atoms with Crippen LogP contribution in [-0.4, -0.2) is 14.8 Å². The summed E-state index contributed by atoms with van der Waals surface area (Å²) in [4.78, 5) is 4.62. The molecule has 0 aliphatic heterocycles. The average molecular weight is 264 g/mol. The third-order valence-electron chi connectivity index (χ3n) is 3.36. The van der Waals surface area contributed by atoms with Crippen LogP contribution >= 0.6 is 0 Å². The van der Waals surface area contributed by atoms with E-state index in [1.807, 2.05) is 62.5 Å². The van der Waals surface area contributed by atoms with E-state index in [0.717, 1.165) is 28.2 Å². The van der Waals surface area contributed by atoms with Gasteiger partial charge in [-0.2, -0.15) is 5.10 Å². The molecule has 0 aliphatic rings. The third kappa shape index (κ3) is 2.05. The summed E-state index contributed by atoms with van der Waals surface area (Å²) >= 11 is 0. The van der Waals surface area contributed by atoms with Crippen LogP contribution in [0.4, 0.5) is 5.69 Å². The highest BCUT2D eigenvalue weighted by atomic mass is 15.3. The molecule has 0 spiro atoms. The van der Waals surface area contributed by atoms with Crippen LogP contribution in [-0.2, 0) is 7.05 Å². The molecule has 0 saturated carbocycles. The monoisotopic (exact) mass is 264 g/mol. The van der Waals surface area contributed by atoms with Crippen LogP contribution in [0.1, 0.15) is 5.56 Å². The van der Waals surface area contributed by atoms with Crippen LogP contribution in [0.25, 0.3) is 22.8 Å². The molecule has 3 rings (SSSR count). The minimum atomic E-state index is 0.712. The molecule has 2 aromatic carbocycles. The van der Waals surface area contributed by atoms with E-state index in [1.54, 1.807) is 4.68 Å². The first-order valence-electron chi connectivity index (χ1n) is 6.49. The molecule has 100 valence electrons. The van der Waals surface area contributed by atoms with Crippen molar-refractivity contribution in [1.29, 1.82) is 0 Å². The summed E-state index contributed by atoms with van der Waals surface area (Å²) in [5.41, 5.74) is 9.87. The van der Waals surface area contributed by atoms with Gasteiger partial charge in [0.1, 0.15) is 0 Å². The van der Waals surface area contributed by atoms with Crippen molar-refractivity contribution >= 4 is 5.69 Å². The zero-order valence-corrected chi connectivity index (χ0v) is 11.5. The SMILES string of the molecule is Cc1cccc(-c2nc(-c3ccccc3)nn2C)c1N. The molecule has 0 saturated heterocycles. The first-order chi connectivity index (χ1) is 9.66. The van der Waals surface area contributed by atoms with Crippen molar-refractivity contribution in [3.63, 3.8) is 0 Å². The molecule has 1 heterocycles. The van der Waals surface area contributed by atoms with Gasteiger partial charge in [0.05, 0.1) is 0 Å². The fourth-order valence-corrected chi connectivity index (χ4v) is 2.20. The Morgan fingerprint density at radius 1 is 1.00 bits per heavy atom. The molecule has 0 bridgehead atoms. The van der Waals surface area contributed by atoms with Crippen LogP contribution in [0.15, 0.2) is 48.5 Å². The van der Waals surface area contributed by atoms with E-state index in [9.17, 15) is 0 Å². The molecule has 0 radical (unpaired) electrons. The van der Waals surface area contributed by atoms with Gasteiger partial charge in [-0.15, -0.1) is 0 Å². The molecule has 4 nitrogen and oxygen atoms in total. The van der Waals surface area contributed by atoms with Gasteiger partial charge in [-0.3, -0.25) is 0 Å². The van der Waals surface area contributed by atoms with E-state index in [4.69, 9.17) is 5.73 Å². The van der Waals surface area contributed by atoms with Crippen LogP contribution in [0, 0.1) is 6.92 Å². The van der Waals surface area contributed by atoms with Gasteiger partial charge in [-0.25, -0.2) is 9.67 Å². The predicted molar refractivity (Wildman–Crippen MR) is 81.0 cm³/mol. The average Bonchev–Trinajstić information content (AvgIpc) is 2.85. The summed E-state index contributed by atoms with van der Waals surface area (Å²) in [6.45, 7) is 1.99. The number of nitrogens with zero attached hydrogens (tertiary/aromatic N) is 3. The van der Waals surface area contributed by atoms with Gasteiger partial charge in [0, 0.05) is 23.9 Å². The Morgan fingerprint density at radius 3 is 2.50 bits per heavy atom. The Morgan fingerprint density at radius 2 is 1.75 bits per heavy atom. The molecule has 0 fully saturated rings. The highest BCUT2D eigenvalue weighted by Gasteiger charge is 2.13. The van der Waals surface area contributed by atoms with Crippen molar-refractivity contribution in [3.05, 3.63) is 54.1 Å². The van der Waals surface area contributed by atoms with Gasteiger partial charge in [0.2, 0.25) is 0 Å². The van der Waals surface area contributed by atoms with E-state index >= 15 is 0 Å². The first-order valence-corrected chi connectivity index (χ1v) is 6.49. The number of benzene rings is 2. The largest absolute Gasteiger partial charge is 0.398 e. The maximum absolute atomic E-state index is 6.15. The minimum absolute atomic E-state index is 0.712. The van der Waals surface area contributed by atoms with Gasteiger partial charge in [-0.05, 0) is 18.6 Å². The Hall–Kier alpha value is -2.62. The number of anilines is 1. The summed E-state index contributed by atoms with van der Waals surface area (Å²) in [7, 11) is 1.89. The summed E-state index contributed by atoms with van der Waals surface area (Å²) < 4.78 is 1.77. The lowest BCUT2D eigenvalue weighted by molar-refractivity contribution is 0.777. The van der Waals surface area contributed by atoms with Crippen LogP contribution in [0.2, 0.25) is 0 Å². The molecule has 4 heteroatoms. The minimum Gasteiger partial charge on any atom is -0.398 e. The summed E-state index contributed by atoms with van der Waals surface area (Å²) in [6.07, 6.45) is 0. The number of rotatable bonds is 2. The Labute approximate surface area is 117 Å². The molecule has 3 aromatic rings. The predicted octanol–water partition coefficient (Wildman–Crippen LogP) is 3.04. The Bertz CT molecular complexity index is 744. The lowest BCUT2D eigenvalue weighted by atomic mass is 10.1. The van der Waals surface area contributed by atoms with Gasteiger partial charge in [0.15, 0.2) is 11.6 Å². The molecule has 0 aliphatic carbocycles. The number of para-hydroxylation sites is 1. The van der Waals surface area contributed by atoms with Crippen molar-refractivity contribution in [3.8, 4) is 22.8 Å². The van der Waals surface area contributed by atoms with Crippen LogP contribution < -0.4 is 5.73 Å². The van der Waals surface area contributed by atoms with Gasteiger partial charge in [-0.1, -0.05) is 42.5 Å². The number of hydrogen-bond donors (Lipinski definition) is 1. The highest BCUT2D eigenvalue weighted by molar-refractivity contribution is 5.75. The molecular formula is C16H16N4. The molecule has 1 aromatic heterocycles. The fourth-order valence-electron chi connectivity index (χ4n) is 2.20. The lowest BCUT2D eigenvalue weighted by Crippen LogP contribution is -1.99. The summed E-state index contributed by atoms with van der Waals surface area (Å²) in [6, 6.07) is 15.9. The quantitative estimate of drug-likeness (QED) is 0.724. The number of nitrogens with two attached hydrogens (primary N) is 1. The van der Waals surface area contributed by atoms with Crippen LogP contribution in [0.5, 0.6) is 0 Å².